The molecule has 0 aliphatic heterocycles. The molecule has 0 spiro atoms. The van der Waals surface area contributed by atoms with E-state index in [0.717, 1.165) is 27.6 Å². The van der Waals surface area contributed by atoms with E-state index in [1.54, 1.807) is 0 Å². The van der Waals surface area contributed by atoms with Crippen LogP contribution in [0.4, 0.5) is 4.79 Å². The number of carbonyl (C=O) groups excluding carboxylic acids is 1. The summed E-state index contributed by atoms with van der Waals surface area (Å²) in [4.78, 5) is 12.1. The van der Waals surface area contributed by atoms with Crippen LogP contribution in [-0.4, -0.2) is 33.3 Å². The van der Waals surface area contributed by atoms with E-state index in [0.29, 0.717) is 5.69 Å². The van der Waals surface area contributed by atoms with Crippen molar-refractivity contribution in [1.82, 2.24) is 15.5 Å². The van der Waals surface area contributed by atoms with Gasteiger partial charge < -0.3 is 15.3 Å². The van der Waals surface area contributed by atoms with Crippen molar-refractivity contribution in [3.8, 4) is 11.1 Å². The van der Waals surface area contributed by atoms with Crippen LogP contribution in [-0.2, 0) is 10.3 Å². The monoisotopic (exact) mass is 394 g/mol. The Kier molecular flexibility index (Phi) is 5.33. The van der Waals surface area contributed by atoms with E-state index in [9.17, 15) is 4.79 Å². The lowest BCUT2D eigenvalue weighted by molar-refractivity contribution is 0.0470. The molecule has 0 aliphatic rings. The van der Waals surface area contributed by atoms with Crippen molar-refractivity contribution in [3.63, 3.8) is 0 Å². The summed E-state index contributed by atoms with van der Waals surface area (Å²) in [7, 11) is 0. The number of H-pyrrole nitrogens is 1. The molecule has 0 saturated heterocycles. The number of aromatic amines is 1. The SMILES string of the molecule is CC(C)(C)OC(=O)NC(C)(C)c1ccc(-c2ccc3[nH]nc(/C=N\O)c3c2)cc1. The van der Waals surface area contributed by atoms with E-state index < -0.39 is 17.2 Å². The number of fused-ring (bicyclic) bond motifs is 1. The zero-order chi connectivity index (χ0) is 21.2. The van der Waals surface area contributed by atoms with Gasteiger partial charge in [0, 0.05) is 5.39 Å². The molecule has 3 N–H and O–H groups in total. The largest absolute Gasteiger partial charge is 0.444 e. The van der Waals surface area contributed by atoms with E-state index in [-0.39, 0.29) is 0 Å². The van der Waals surface area contributed by atoms with Crippen molar-refractivity contribution in [2.45, 2.75) is 45.8 Å². The van der Waals surface area contributed by atoms with Crippen LogP contribution in [0.15, 0.2) is 47.6 Å². The number of nitrogens with one attached hydrogen (secondary N) is 2. The molecule has 1 heterocycles. The molecule has 1 aromatic heterocycles. The number of carbonyl (C=O) groups is 1. The molecule has 152 valence electrons. The van der Waals surface area contributed by atoms with Gasteiger partial charge in [0.15, 0.2) is 0 Å². The van der Waals surface area contributed by atoms with Crippen molar-refractivity contribution in [2.75, 3.05) is 0 Å². The molecule has 0 aliphatic carbocycles. The van der Waals surface area contributed by atoms with Gasteiger partial charge in [-0.15, -0.1) is 0 Å². The first kappa shape index (κ1) is 20.4. The number of aromatic nitrogens is 2. The molecule has 0 radical (unpaired) electrons. The Morgan fingerprint density at radius 2 is 1.76 bits per heavy atom. The van der Waals surface area contributed by atoms with Crippen LogP contribution >= 0.6 is 0 Å². The number of benzene rings is 2. The van der Waals surface area contributed by atoms with Crippen molar-refractivity contribution in [2.24, 2.45) is 5.16 Å². The predicted octanol–water partition coefficient (Wildman–Crippen LogP) is 4.80. The van der Waals surface area contributed by atoms with Gasteiger partial charge in [-0.1, -0.05) is 35.5 Å². The molecule has 0 bridgehead atoms. The summed E-state index contributed by atoms with van der Waals surface area (Å²) in [6.07, 6.45) is 0.853. The van der Waals surface area contributed by atoms with Crippen LogP contribution in [0.1, 0.15) is 45.9 Å². The fourth-order valence-electron chi connectivity index (χ4n) is 3.08. The van der Waals surface area contributed by atoms with Gasteiger partial charge in [-0.2, -0.15) is 5.10 Å². The lowest BCUT2D eigenvalue weighted by Crippen LogP contribution is -2.43. The molecule has 3 rings (SSSR count). The smallest absolute Gasteiger partial charge is 0.408 e. The summed E-state index contributed by atoms with van der Waals surface area (Å²) in [5.41, 5.74) is 3.30. The average molecular weight is 394 g/mol. The van der Waals surface area contributed by atoms with Crippen LogP contribution in [0.3, 0.4) is 0 Å². The zero-order valence-electron chi connectivity index (χ0n) is 17.3. The highest BCUT2D eigenvalue weighted by molar-refractivity contribution is 5.98. The Morgan fingerprint density at radius 1 is 1.10 bits per heavy atom. The summed E-state index contributed by atoms with van der Waals surface area (Å²) in [6, 6.07) is 13.9. The fourth-order valence-corrected chi connectivity index (χ4v) is 3.08. The van der Waals surface area contributed by atoms with Crippen molar-refractivity contribution in [1.29, 1.82) is 0 Å². The number of hydrogen-bond acceptors (Lipinski definition) is 5. The quantitative estimate of drug-likeness (QED) is 0.336. The second-order valence-electron chi connectivity index (χ2n) is 8.44. The molecule has 3 aromatic rings. The van der Waals surface area contributed by atoms with Gasteiger partial charge in [-0.05, 0) is 63.4 Å². The topological polar surface area (TPSA) is 99.6 Å². The molecule has 1 amide bonds. The molecule has 0 saturated carbocycles. The Morgan fingerprint density at radius 3 is 2.38 bits per heavy atom. The molecular weight excluding hydrogens is 368 g/mol. The summed E-state index contributed by atoms with van der Waals surface area (Å²) in [6.45, 7) is 9.38. The Labute approximate surface area is 169 Å². The first-order chi connectivity index (χ1) is 13.6. The third-order valence-corrected chi connectivity index (χ3v) is 4.53. The van der Waals surface area contributed by atoms with E-state index in [2.05, 4.69) is 20.7 Å². The number of hydrogen-bond donors (Lipinski definition) is 3. The number of nitrogens with zero attached hydrogens (tertiary/aromatic N) is 2. The maximum absolute atomic E-state index is 12.1. The van der Waals surface area contributed by atoms with Gasteiger partial charge in [0.25, 0.3) is 0 Å². The van der Waals surface area contributed by atoms with Crippen LogP contribution in [0.5, 0.6) is 0 Å². The summed E-state index contributed by atoms with van der Waals surface area (Å²) in [5, 5.41) is 22.7. The van der Waals surface area contributed by atoms with Gasteiger partial charge >= 0.3 is 6.09 Å². The maximum atomic E-state index is 12.1. The van der Waals surface area contributed by atoms with Crippen LogP contribution < -0.4 is 5.32 Å². The van der Waals surface area contributed by atoms with E-state index in [1.165, 1.54) is 6.21 Å². The van der Waals surface area contributed by atoms with E-state index in [1.807, 2.05) is 77.1 Å². The standard InChI is InChI=1S/C22H26N4O3/c1-21(2,3)29-20(27)24-22(4,5)16-9-6-14(7-10-16)15-8-11-18-17(12-15)19(13-23-28)26-25-18/h6-13,28H,1-5H3,(H,24,27)(H,25,26)/b23-13-. The molecule has 0 unspecified atom stereocenters. The van der Waals surface area contributed by atoms with Gasteiger partial charge in [-0.3, -0.25) is 5.10 Å². The first-order valence-corrected chi connectivity index (χ1v) is 9.37. The highest BCUT2D eigenvalue weighted by atomic mass is 16.6. The molecule has 0 atom stereocenters. The Hall–Kier alpha value is -3.35. The lowest BCUT2D eigenvalue weighted by Gasteiger charge is -2.29. The third-order valence-electron chi connectivity index (χ3n) is 4.53. The number of alkyl carbamates (subject to hydrolysis) is 1. The minimum atomic E-state index is -0.583. The number of amides is 1. The average Bonchev–Trinajstić information content (AvgIpc) is 3.02. The normalized spacial score (nSPS) is 12.4. The fraction of sp³-hybridized carbons (Fsp3) is 0.318. The highest BCUT2D eigenvalue weighted by Gasteiger charge is 2.26. The van der Waals surface area contributed by atoms with Crippen LogP contribution in [0, 0.1) is 0 Å². The molecular formula is C22H26N4O3. The molecule has 29 heavy (non-hydrogen) atoms. The molecule has 7 heteroatoms. The van der Waals surface area contributed by atoms with Crippen molar-refractivity contribution < 1.29 is 14.7 Å². The van der Waals surface area contributed by atoms with Crippen molar-refractivity contribution >= 4 is 23.2 Å². The Bertz CT molecular complexity index is 1040. The Balaban J connectivity index is 1.83. The van der Waals surface area contributed by atoms with Gasteiger partial charge in [-0.25, -0.2) is 4.79 Å². The maximum Gasteiger partial charge on any atom is 0.408 e. The minimum Gasteiger partial charge on any atom is -0.444 e. The predicted molar refractivity (Wildman–Crippen MR) is 113 cm³/mol. The summed E-state index contributed by atoms with van der Waals surface area (Å²) < 4.78 is 5.37. The lowest BCUT2D eigenvalue weighted by atomic mass is 9.92. The van der Waals surface area contributed by atoms with Crippen LogP contribution in [0.2, 0.25) is 0 Å². The van der Waals surface area contributed by atoms with E-state index >= 15 is 0 Å². The first-order valence-electron chi connectivity index (χ1n) is 9.37. The van der Waals surface area contributed by atoms with Gasteiger partial charge in [0.2, 0.25) is 0 Å². The number of rotatable bonds is 4. The van der Waals surface area contributed by atoms with Crippen molar-refractivity contribution in [3.05, 3.63) is 53.7 Å². The summed E-state index contributed by atoms with van der Waals surface area (Å²) in [5.74, 6) is 0. The summed E-state index contributed by atoms with van der Waals surface area (Å²) >= 11 is 0. The third kappa shape index (κ3) is 4.74. The van der Waals surface area contributed by atoms with Gasteiger partial charge in [0.05, 0.1) is 17.3 Å². The van der Waals surface area contributed by atoms with Gasteiger partial charge in [0.1, 0.15) is 11.3 Å². The highest BCUT2D eigenvalue weighted by Crippen LogP contribution is 2.28. The number of ether oxygens (including phenoxy) is 1. The van der Waals surface area contributed by atoms with E-state index in [4.69, 9.17) is 9.94 Å². The second-order valence-corrected chi connectivity index (χ2v) is 8.44. The molecule has 7 nitrogen and oxygen atoms in total. The molecule has 2 aromatic carbocycles. The number of oxime groups is 1. The minimum absolute atomic E-state index is 0.449. The molecule has 0 fully saturated rings. The van der Waals surface area contributed by atoms with Crippen LogP contribution in [0.25, 0.3) is 22.0 Å². The zero-order valence-corrected chi connectivity index (χ0v) is 17.3. The second kappa shape index (κ2) is 7.58.